The molecule has 164 valence electrons. The topological polar surface area (TPSA) is 97.3 Å². The van der Waals surface area contributed by atoms with Crippen molar-refractivity contribution in [2.75, 3.05) is 43.4 Å². The van der Waals surface area contributed by atoms with Gasteiger partial charge in [-0.25, -0.2) is 0 Å². The van der Waals surface area contributed by atoms with E-state index in [0.717, 1.165) is 37.6 Å². The van der Waals surface area contributed by atoms with E-state index in [1.165, 1.54) is 32.6 Å². The van der Waals surface area contributed by atoms with Gasteiger partial charge in [-0.15, -0.1) is 0 Å². The standard InChI is InChI=1S/C23H35N5O2/c1-4-18(22(30)27-16(2)29)21(24)19-6-5-17(15-20(19)25-3)28-13-9-23(10-14-28)7-11-26-12-8-23/h5-6,15,18,24-26H,4,7-14H2,1-3H3,(H,27,29,30). The number of amides is 2. The van der Waals surface area contributed by atoms with Gasteiger partial charge in [0, 0.05) is 44.0 Å². The number of hydrogen-bond donors (Lipinski definition) is 4. The highest BCUT2D eigenvalue weighted by atomic mass is 16.2. The van der Waals surface area contributed by atoms with Crippen LogP contribution in [0.25, 0.3) is 0 Å². The molecule has 2 amide bonds. The molecule has 4 N–H and O–H groups in total. The van der Waals surface area contributed by atoms with E-state index < -0.39 is 17.7 Å². The van der Waals surface area contributed by atoms with Crippen molar-refractivity contribution in [2.45, 2.75) is 46.0 Å². The number of rotatable bonds is 6. The van der Waals surface area contributed by atoms with Crippen LogP contribution in [0, 0.1) is 16.7 Å². The summed E-state index contributed by atoms with van der Waals surface area (Å²) in [5.41, 5.74) is 3.45. The molecular weight excluding hydrogens is 378 g/mol. The van der Waals surface area contributed by atoms with E-state index in [9.17, 15) is 9.59 Å². The number of imide groups is 1. The molecule has 3 rings (SSSR count). The second-order valence-electron chi connectivity index (χ2n) is 8.64. The summed E-state index contributed by atoms with van der Waals surface area (Å²) in [6.07, 6.45) is 5.47. The third-order valence-electron chi connectivity index (χ3n) is 6.79. The second kappa shape index (κ2) is 9.60. The average Bonchev–Trinajstić information content (AvgIpc) is 2.74. The zero-order valence-corrected chi connectivity index (χ0v) is 18.4. The Morgan fingerprint density at radius 1 is 1.20 bits per heavy atom. The molecule has 1 aromatic rings. The number of nitrogens with zero attached hydrogens (tertiary/aromatic N) is 1. The van der Waals surface area contributed by atoms with Crippen molar-refractivity contribution in [3.8, 4) is 0 Å². The lowest BCUT2D eigenvalue weighted by atomic mass is 9.71. The normalized spacial score (nSPS) is 19.2. The summed E-state index contributed by atoms with van der Waals surface area (Å²) < 4.78 is 0. The van der Waals surface area contributed by atoms with Gasteiger partial charge in [0.2, 0.25) is 11.8 Å². The molecule has 1 spiro atoms. The van der Waals surface area contributed by atoms with Gasteiger partial charge in [0.1, 0.15) is 0 Å². The predicted molar refractivity (Wildman–Crippen MR) is 121 cm³/mol. The lowest BCUT2D eigenvalue weighted by Gasteiger charge is -2.45. The second-order valence-corrected chi connectivity index (χ2v) is 8.64. The van der Waals surface area contributed by atoms with Crippen molar-refractivity contribution < 1.29 is 9.59 Å². The summed E-state index contributed by atoms with van der Waals surface area (Å²) in [5, 5.41) is 17.6. The molecule has 0 radical (unpaired) electrons. The maximum atomic E-state index is 12.4. The van der Waals surface area contributed by atoms with Gasteiger partial charge >= 0.3 is 0 Å². The maximum absolute atomic E-state index is 12.4. The van der Waals surface area contributed by atoms with Crippen LogP contribution in [0.2, 0.25) is 0 Å². The number of nitrogens with one attached hydrogen (secondary N) is 4. The van der Waals surface area contributed by atoms with E-state index >= 15 is 0 Å². The Morgan fingerprint density at radius 2 is 1.87 bits per heavy atom. The molecule has 0 aliphatic carbocycles. The summed E-state index contributed by atoms with van der Waals surface area (Å²) in [6, 6.07) is 6.07. The van der Waals surface area contributed by atoms with Crippen LogP contribution in [0.15, 0.2) is 18.2 Å². The van der Waals surface area contributed by atoms with Gasteiger partial charge in [-0.2, -0.15) is 0 Å². The molecule has 1 atom stereocenters. The van der Waals surface area contributed by atoms with E-state index in [-0.39, 0.29) is 5.71 Å². The van der Waals surface area contributed by atoms with E-state index in [4.69, 9.17) is 5.41 Å². The van der Waals surface area contributed by atoms with Crippen LogP contribution < -0.4 is 20.9 Å². The summed E-state index contributed by atoms with van der Waals surface area (Å²) in [5.74, 6) is -1.46. The van der Waals surface area contributed by atoms with Gasteiger partial charge in [-0.3, -0.25) is 14.9 Å². The Balaban J connectivity index is 1.74. The average molecular weight is 414 g/mol. The molecule has 0 bridgehead atoms. The van der Waals surface area contributed by atoms with Crippen LogP contribution in [0.4, 0.5) is 11.4 Å². The molecule has 30 heavy (non-hydrogen) atoms. The quantitative estimate of drug-likeness (QED) is 0.538. The molecule has 7 nitrogen and oxygen atoms in total. The maximum Gasteiger partial charge on any atom is 0.235 e. The first-order valence-corrected chi connectivity index (χ1v) is 11.1. The summed E-state index contributed by atoms with van der Waals surface area (Å²) in [6.45, 7) is 7.55. The van der Waals surface area contributed by atoms with Crippen molar-refractivity contribution in [1.82, 2.24) is 10.6 Å². The van der Waals surface area contributed by atoms with Crippen molar-refractivity contribution in [3.63, 3.8) is 0 Å². The van der Waals surface area contributed by atoms with Crippen molar-refractivity contribution in [2.24, 2.45) is 11.3 Å². The molecule has 0 aromatic heterocycles. The molecular formula is C23H35N5O2. The van der Waals surface area contributed by atoms with Crippen LogP contribution in [0.3, 0.4) is 0 Å². The number of hydrogen-bond acceptors (Lipinski definition) is 6. The molecule has 2 fully saturated rings. The van der Waals surface area contributed by atoms with Crippen molar-refractivity contribution in [1.29, 1.82) is 5.41 Å². The minimum Gasteiger partial charge on any atom is -0.388 e. The smallest absolute Gasteiger partial charge is 0.235 e. The number of carbonyl (C=O) groups is 2. The Bertz CT molecular complexity index is 791. The van der Waals surface area contributed by atoms with E-state index in [0.29, 0.717) is 17.4 Å². The third kappa shape index (κ3) is 4.83. The first kappa shape index (κ1) is 22.3. The first-order chi connectivity index (χ1) is 14.4. The molecule has 2 saturated heterocycles. The predicted octanol–water partition coefficient (Wildman–Crippen LogP) is 2.76. The lowest BCUT2D eigenvalue weighted by Crippen LogP contribution is -2.45. The third-order valence-corrected chi connectivity index (χ3v) is 6.79. The molecule has 2 aliphatic heterocycles. The highest BCUT2D eigenvalue weighted by molar-refractivity contribution is 6.16. The summed E-state index contributed by atoms with van der Waals surface area (Å²) >= 11 is 0. The van der Waals surface area contributed by atoms with Crippen molar-refractivity contribution in [3.05, 3.63) is 23.8 Å². The Labute approximate surface area is 179 Å². The molecule has 2 heterocycles. The number of benzene rings is 1. The Hall–Kier alpha value is -2.41. The monoisotopic (exact) mass is 413 g/mol. The molecule has 0 saturated carbocycles. The SMILES string of the molecule is CCC(C(=N)c1ccc(N2CCC3(CCNCC3)CC2)cc1NC)C(=O)NC(C)=O. The van der Waals surface area contributed by atoms with Crippen LogP contribution in [0.1, 0.15) is 51.5 Å². The van der Waals surface area contributed by atoms with E-state index in [1.54, 1.807) is 0 Å². The zero-order valence-electron chi connectivity index (χ0n) is 18.4. The van der Waals surface area contributed by atoms with Gasteiger partial charge < -0.3 is 20.9 Å². The molecule has 1 aromatic carbocycles. The van der Waals surface area contributed by atoms with Gasteiger partial charge in [0.05, 0.1) is 11.6 Å². The Kier molecular flexibility index (Phi) is 7.13. The fraction of sp³-hybridized carbons (Fsp3) is 0.609. The number of piperidine rings is 2. The zero-order chi connectivity index (χ0) is 21.7. The van der Waals surface area contributed by atoms with Crippen LogP contribution in [-0.4, -0.2) is 50.8 Å². The minimum absolute atomic E-state index is 0.236. The highest BCUT2D eigenvalue weighted by Gasteiger charge is 2.35. The fourth-order valence-corrected chi connectivity index (χ4v) is 4.84. The van der Waals surface area contributed by atoms with Gasteiger partial charge in [0.25, 0.3) is 0 Å². The largest absolute Gasteiger partial charge is 0.388 e. The Morgan fingerprint density at radius 3 is 2.43 bits per heavy atom. The minimum atomic E-state index is -0.651. The molecule has 2 aliphatic rings. The van der Waals surface area contributed by atoms with Gasteiger partial charge in [-0.05, 0) is 68.8 Å². The highest BCUT2D eigenvalue weighted by Crippen LogP contribution is 2.41. The van der Waals surface area contributed by atoms with Gasteiger partial charge in [0.15, 0.2) is 0 Å². The summed E-state index contributed by atoms with van der Waals surface area (Å²) in [7, 11) is 1.84. The first-order valence-electron chi connectivity index (χ1n) is 11.1. The summed E-state index contributed by atoms with van der Waals surface area (Å²) in [4.78, 5) is 26.1. The van der Waals surface area contributed by atoms with Crippen LogP contribution in [0.5, 0.6) is 0 Å². The van der Waals surface area contributed by atoms with Crippen LogP contribution in [-0.2, 0) is 9.59 Å². The number of carbonyl (C=O) groups excluding carboxylic acids is 2. The van der Waals surface area contributed by atoms with Crippen LogP contribution >= 0.6 is 0 Å². The van der Waals surface area contributed by atoms with Gasteiger partial charge in [-0.1, -0.05) is 6.92 Å². The molecule has 1 unspecified atom stereocenters. The number of anilines is 2. The van der Waals surface area contributed by atoms with E-state index in [2.05, 4.69) is 33.0 Å². The van der Waals surface area contributed by atoms with E-state index in [1.807, 2.05) is 20.0 Å². The van der Waals surface area contributed by atoms with Crippen molar-refractivity contribution >= 4 is 28.9 Å². The molecule has 7 heteroatoms. The fourth-order valence-electron chi connectivity index (χ4n) is 4.84. The lowest BCUT2D eigenvalue weighted by molar-refractivity contribution is -0.130.